The maximum Gasteiger partial charge on any atom is 0.412 e. The first-order valence-corrected chi connectivity index (χ1v) is 8.78. The molecule has 5 nitrogen and oxygen atoms in total. The van der Waals surface area contributed by atoms with Crippen LogP contribution in [0.1, 0.15) is 38.0 Å². The summed E-state index contributed by atoms with van der Waals surface area (Å²) in [6, 6.07) is 6.83. The summed E-state index contributed by atoms with van der Waals surface area (Å²) in [4.78, 5) is 12.1. The smallest absolute Gasteiger partial charge is 0.412 e. The summed E-state index contributed by atoms with van der Waals surface area (Å²) < 4.78 is 24.6. The van der Waals surface area contributed by atoms with Crippen LogP contribution < -0.4 is 10.1 Å². The van der Waals surface area contributed by atoms with Crippen molar-refractivity contribution in [2.75, 3.05) is 12.4 Å². The van der Waals surface area contributed by atoms with Gasteiger partial charge in [0.2, 0.25) is 0 Å². The molecule has 0 aromatic heterocycles. The van der Waals surface area contributed by atoms with E-state index in [1.807, 2.05) is 0 Å². The third-order valence-corrected chi connectivity index (χ3v) is 4.36. The Kier molecular flexibility index (Phi) is 6.57. The van der Waals surface area contributed by atoms with Gasteiger partial charge in [0.1, 0.15) is 23.3 Å². The number of nitrogens with one attached hydrogen (secondary N) is 1. The fraction of sp³-hybridized carbons (Fsp3) is 0.316. The number of hydrogen-bond acceptors (Lipinski definition) is 4. The third kappa shape index (κ3) is 5.25. The predicted molar refractivity (Wildman–Crippen MR) is 103 cm³/mol. The standard InChI is InChI=1S/C19H20Cl2FNO4/c1-19(2,3)27-18(25)23-14-8-6-12(20)16(21)15(14)17(24)11-9-10(26-4)5-7-13(11)22/h5-9,17,24H,1-4H3,(H,23,25). The molecule has 2 aromatic carbocycles. The van der Waals surface area contributed by atoms with E-state index < -0.39 is 23.6 Å². The number of benzene rings is 2. The summed E-state index contributed by atoms with van der Waals surface area (Å²) in [7, 11) is 1.42. The molecule has 0 radical (unpaired) electrons. The van der Waals surface area contributed by atoms with Crippen LogP contribution in [0.15, 0.2) is 30.3 Å². The lowest BCUT2D eigenvalue weighted by atomic mass is 9.99. The summed E-state index contributed by atoms with van der Waals surface area (Å²) in [5.74, 6) is -0.312. The van der Waals surface area contributed by atoms with Crippen molar-refractivity contribution in [2.45, 2.75) is 32.5 Å². The van der Waals surface area contributed by atoms with Gasteiger partial charge in [-0.15, -0.1) is 0 Å². The molecular formula is C19H20Cl2FNO4. The number of amides is 1. The number of aliphatic hydroxyl groups excluding tert-OH is 1. The second-order valence-electron chi connectivity index (χ2n) is 6.74. The lowest BCUT2D eigenvalue weighted by Crippen LogP contribution is -2.27. The van der Waals surface area contributed by atoms with E-state index in [0.717, 1.165) is 6.07 Å². The first-order valence-electron chi connectivity index (χ1n) is 8.03. The van der Waals surface area contributed by atoms with Crippen molar-refractivity contribution in [1.82, 2.24) is 0 Å². The summed E-state index contributed by atoms with van der Waals surface area (Å²) in [6.07, 6.45) is -2.25. The first-order chi connectivity index (χ1) is 12.5. The predicted octanol–water partition coefficient (Wildman–Crippen LogP) is 5.57. The van der Waals surface area contributed by atoms with Gasteiger partial charge >= 0.3 is 6.09 Å². The zero-order chi connectivity index (χ0) is 20.4. The van der Waals surface area contributed by atoms with Crippen LogP contribution in [0.5, 0.6) is 5.75 Å². The van der Waals surface area contributed by atoms with E-state index in [2.05, 4.69) is 5.32 Å². The minimum Gasteiger partial charge on any atom is -0.497 e. The topological polar surface area (TPSA) is 67.8 Å². The minimum atomic E-state index is -1.50. The Balaban J connectivity index is 2.49. The number of rotatable bonds is 4. The summed E-state index contributed by atoms with van der Waals surface area (Å²) in [5, 5.41) is 13.4. The number of ether oxygens (including phenoxy) is 2. The Morgan fingerprint density at radius 3 is 2.48 bits per heavy atom. The third-order valence-electron chi connectivity index (χ3n) is 3.54. The Hall–Kier alpha value is -2.02. The van der Waals surface area contributed by atoms with Crippen molar-refractivity contribution < 1.29 is 23.8 Å². The van der Waals surface area contributed by atoms with Crippen molar-refractivity contribution in [2.24, 2.45) is 0 Å². The summed E-state index contributed by atoms with van der Waals surface area (Å²) in [6.45, 7) is 5.13. The fourth-order valence-electron chi connectivity index (χ4n) is 2.37. The Morgan fingerprint density at radius 2 is 1.89 bits per heavy atom. The van der Waals surface area contributed by atoms with Gasteiger partial charge in [-0.25, -0.2) is 9.18 Å². The molecule has 2 rings (SSSR count). The van der Waals surface area contributed by atoms with E-state index >= 15 is 0 Å². The van der Waals surface area contributed by atoms with E-state index in [-0.39, 0.29) is 26.9 Å². The summed E-state index contributed by atoms with van der Waals surface area (Å²) >= 11 is 12.3. The van der Waals surface area contributed by atoms with Gasteiger partial charge in [0.25, 0.3) is 0 Å². The van der Waals surface area contributed by atoms with Crippen LogP contribution in [0.2, 0.25) is 10.0 Å². The fourth-order valence-corrected chi connectivity index (χ4v) is 2.80. The Morgan fingerprint density at radius 1 is 1.22 bits per heavy atom. The van der Waals surface area contributed by atoms with Gasteiger partial charge in [-0.3, -0.25) is 5.32 Å². The van der Waals surface area contributed by atoms with Crippen molar-refractivity contribution in [3.63, 3.8) is 0 Å². The highest BCUT2D eigenvalue weighted by Gasteiger charge is 2.25. The molecule has 0 aliphatic rings. The molecule has 0 fully saturated rings. The highest BCUT2D eigenvalue weighted by Crippen LogP contribution is 2.40. The van der Waals surface area contributed by atoms with Crippen LogP contribution >= 0.6 is 23.2 Å². The Bertz CT molecular complexity index is 852. The number of carbonyl (C=O) groups excluding carboxylic acids is 1. The lowest BCUT2D eigenvalue weighted by molar-refractivity contribution is 0.0635. The average molecular weight is 416 g/mol. The molecule has 2 aromatic rings. The molecule has 2 N–H and O–H groups in total. The molecule has 0 heterocycles. The largest absolute Gasteiger partial charge is 0.497 e. The first kappa shape index (κ1) is 21.3. The lowest BCUT2D eigenvalue weighted by Gasteiger charge is -2.22. The second kappa shape index (κ2) is 8.33. The zero-order valence-corrected chi connectivity index (χ0v) is 16.8. The molecule has 0 aliphatic heterocycles. The number of anilines is 1. The molecule has 1 atom stereocenters. The molecule has 0 bridgehead atoms. The Labute approximate surface area is 167 Å². The van der Waals surface area contributed by atoms with Gasteiger partial charge in [-0.2, -0.15) is 0 Å². The SMILES string of the molecule is COc1ccc(F)c(C(O)c2c(NC(=O)OC(C)(C)C)ccc(Cl)c2Cl)c1. The van der Waals surface area contributed by atoms with E-state index in [9.17, 15) is 14.3 Å². The second-order valence-corrected chi connectivity index (χ2v) is 7.52. The highest BCUT2D eigenvalue weighted by molar-refractivity contribution is 6.42. The molecule has 146 valence electrons. The van der Waals surface area contributed by atoms with Gasteiger partial charge < -0.3 is 14.6 Å². The number of methoxy groups -OCH3 is 1. The number of halogens is 3. The van der Waals surface area contributed by atoms with Crippen LogP contribution in [0.4, 0.5) is 14.9 Å². The quantitative estimate of drug-likeness (QED) is 0.684. The zero-order valence-electron chi connectivity index (χ0n) is 15.3. The number of aliphatic hydroxyl groups is 1. The van der Waals surface area contributed by atoms with Gasteiger partial charge in [0.05, 0.1) is 22.8 Å². The van der Waals surface area contributed by atoms with Gasteiger partial charge in [-0.05, 0) is 51.1 Å². The maximum absolute atomic E-state index is 14.3. The van der Waals surface area contributed by atoms with Gasteiger partial charge in [0.15, 0.2) is 0 Å². The van der Waals surface area contributed by atoms with Crippen LogP contribution in [-0.2, 0) is 4.74 Å². The molecule has 0 spiro atoms. The number of carbonyl (C=O) groups is 1. The van der Waals surface area contributed by atoms with E-state index in [1.165, 1.54) is 31.4 Å². The molecule has 0 aliphatic carbocycles. The molecule has 1 unspecified atom stereocenters. The highest BCUT2D eigenvalue weighted by atomic mass is 35.5. The molecule has 0 saturated carbocycles. The molecule has 1 amide bonds. The van der Waals surface area contributed by atoms with Gasteiger partial charge in [0, 0.05) is 11.1 Å². The van der Waals surface area contributed by atoms with Crippen LogP contribution in [0.25, 0.3) is 0 Å². The normalized spacial score (nSPS) is 12.4. The molecule has 27 heavy (non-hydrogen) atoms. The van der Waals surface area contributed by atoms with Crippen LogP contribution in [0, 0.1) is 5.82 Å². The van der Waals surface area contributed by atoms with E-state index in [1.54, 1.807) is 20.8 Å². The van der Waals surface area contributed by atoms with Crippen molar-refractivity contribution in [3.05, 3.63) is 57.3 Å². The minimum absolute atomic E-state index is 0.0139. The van der Waals surface area contributed by atoms with Crippen molar-refractivity contribution >= 4 is 35.0 Å². The van der Waals surface area contributed by atoms with Crippen molar-refractivity contribution in [1.29, 1.82) is 0 Å². The number of hydrogen-bond donors (Lipinski definition) is 2. The average Bonchev–Trinajstić information content (AvgIpc) is 2.56. The van der Waals surface area contributed by atoms with Crippen LogP contribution in [0.3, 0.4) is 0 Å². The molecular weight excluding hydrogens is 396 g/mol. The van der Waals surface area contributed by atoms with Crippen molar-refractivity contribution in [3.8, 4) is 5.75 Å². The maximum atomic E-state index is 14.3. The van der Waals surface area contributed by atoms with E-state index in [4.69, 9.17) is 32.7 Å². The molecule has 8 heteroatoms. The van der Waals surface area contributed by atoms with E-state index in [0.29, 0.717) is 5.75 Å². The van der Waals surface area contributed by atoms with Crippen LogP contribution in [-0.4, -0.2) is 23.9 Å². The summed E-state index contributed by atoms with van der Waals surface area (Å²) in [5.41, 5.74) is -0.612. The van der Waals surface area contributed by atoms with Gasteiger partial charge in [-0.1, -0.05) is 23.2 Å². The molecule has 0 saturated heterocycles. The monoisotopic (exact) mass is 415 g/mol.